The SMILES string of the molecule is COCCNCC(=CC1CCOCC1)C1CCCCC1. The van der Waals surface area contributed by atoms with Crippen LogP contribution < -0.4 is 5.32 Å². The summed E-state index contributed by atoms with van der Waals surface area (Å²) in [7, 11) is 1.77. The summed E-state index contributed by atoms with van der Waals surface area (Å²) in [6.45, 7) is 4.68. The molecule has 0 atom stereocenters. The summed E-state index contributed by atoms with van der Waals surface area (Å²) in [6.07, 6.45) is 12.0. The summed E-state index contributed by atoms with van der Waals surface area (Å²) >= 11 is 0. The van der Waals surface area contributed by atoms with Crippen molar-refractivity contribution in [1.29, 1.82) is 0 Å². The van der Waals surface area contributed by atoms with Crippen LogP contribution in [0.3, 0.4) is 0 Å². The molecular formula is C17H31NO2. The lowest BCUT2D eigenvalue weighted by atomic mass is 9.81. The Labute approximate surface area is 124 Å². The molecule has 0 unspecified atom stereocenters. The van der Waals surface area contributed by atoms with Crippen LogP contribution in [0.1, 0.15) is 44.9 Å². The largest absolute Gasteiger partial charge is 0.383 e. The predicted octanol–water partition coefficient (Wildman–Crippen LogP) is 3.16. The zero-order chi connectivity index (χ0) is 14.0. The third-order valence-electron chi connectivity index (χ3n) is 4.66. The van der Waals surface area contributed by atoms with Gasteiger partial charge in [-0.15, -0.1) is 0 Å². The molecule has 1 aliphatic carbocycles. The van der Waals surface area contributed by atoms with E-state index in [2.05, 4.69) is 11.4 Å². The van der Waals surface area contributed by atoms with Crippen LogP contribution >= 0.6 is 0 Å². The maximum Gasteiger partial charge on any atom is 0.0587 e. The highest BCUT2D eigenvalue weighted by atomic mass is 16.5. The van der Waals surface area contributed by atoms with Crippen molar-refractivity contribution in [2.75, 3.05) is 40.0 Å². The molecule has 1 N–H and O–H groups in total. The highest BCUT2D eigenvalue weighted by Crippen LogP contribution is 2.31. The van der Waals surface area contributed by atoms with Crippen LogP contribution in [0.5, 0.6) is 0 Å². The molecule has 1 saturated carbocycles. The second-order valence-corrected chi connectivity index (χ2v) is 6.20. The van der Waals surface area contributed by atoms with Gasteiger partial charge in [0.15, 0.2) is 0 Å². The van der Waals surface area contributed by atoms with E-state index in [1.165, 1.54) is 44.9 Å². The van der Waals surface area contributed by atoms with Gasteiger partial charge in [0.25, 0.3) is 0 Å². The highest BCUT2D eigenvalue weighted by molar-refractivity contribution is 5.12. The van der Waals surface area contributed by atoms with Crippen LogP contribution in [0.2, 0.25) is 0 Å². The molecule has 3 nitrogen and oxygen atoms in total. The maximum atomic E-state index is 5.48. The van der Waals surface area contributed by atoms with Crippen LogP contribution in [-0.2, 0) is 9.47 Å². The number of hydrogen-bond donors (Lipinski definition) is 1. The first-order chi connectivity index (χ1) is 9.90. The van der Waals surface area contributed by atoms with Gasteiger partial charge in [-0.2, -0.15) is 0 Å². The van der Waals surface area contributed by atoms with Crippen LogP contribution in [0, 0.1) is 11.8 Å². The summed E-state index contributed by atoms with van der Waals surface area (Å²) in [5, 5.41) is 3.55. The topological polar surface area (TPSA) is 30.5 Å². The summed E-state index contributed by atoms with van der Waals surface area (Å²) < 4.78 is 10.6. The van der Waals surface area contributed by atoms with Crippen molar-refractivity contribution in [1.82, 2.24) is 5.32 Å². The number of allylic oxidation sites excluding steroid dienone is 1. The minimum absolute atomic E-state index is 0.741. The molecule has 0 aromatic rings. The lowest BCUT2D eigenvalue weighted by Gasteiger charge is -2.27. The van der Waals surface area contributed by atoms with Crippen LogP contribution in [0.4, 0.5) is 0 Å². The van der Waals surface area contributed by atoms with Crippen LogP contribution in [-0.4, -0.2) is 40.0 Å². The number of nitrogens with one attached hydrogen (secondary N) is 1. The summed E-state index contributed by atoms with van der Waals surface area (Å²) in [6, 6.07) is 0. The van der Waals surface area contributed by atoms with Gasteiger partial charge in [0.05, 0.1) is 6.61 Å². The second kappa shape index (κ2) is 9.54. The zero-order valence-corrected chi connectivity index (χ0v) is 13.0. The van der Waals surface area contributed by atoms with Crippen molar-refractivity contribution in [3.8, 4) is 0 Å². The molecule has 2 fully saturated rings. The number of methoxy groups -OCH3 is 1. The average Bonchev–Trinajstić information content (AvgIpc) is 2.52. The fourth-order valence-corrected chi connectivity index (χ4v) is 3.40. The Morgan fingerprint density at radius 2 is 1.90 bits per heavy atom. The lowest BCUT2D eigenvalue weighted by Crippen LogP contribution is -2.26. The van der Waals surface area contributed by atoms with Crippen molar-refractivity contribution in [2.24, 2.45) is 11.8 Å². The van der Waals surface area contributed by atoms with E-state index in [4.69, 9.17) is 9.47 Å². The normalized spacial score (nSPS) is 23.1. The molecule has 0 bridgehead atoms. The molecule has 2 aliphatic rings. The van der Waals surface area contributed by atoms with Crippen molar-refractivity contribution >= 4 is 0 Å². The van der Waals surface area contributed by atoms with Gasteiger partial charge in [-0.05, 0) is 37.5 Å². The molecule has 0 aromatic heterocycles. The predicted molar refractivity (Wildman–Crippen MR) is 82.9 cm³/mol. The Morgan fingerprint density at radius 3 is 2.60 bits per heavy atom. The van der Waals surface area contributed by atoms with Crippen molar-refractivity contribution in [2.45, 2.75) is 44.9 Å². The Bertz CT molecular complexity index is 279. The van der Waals surface area contributed by atoms with E-state index in [1.807, 2.05) is 0 Å². The Morgan fingerprint density at radius 1 is 1.15 bits per heavy atom. The van der Waals surface area contributed by atoms with Gasteiger partial charge >= 0.3 is 0 Å². The molecule has 1 aliphatic heterocycles. The fraction of sp³-hybridized carbons (Fsp3) is 0.882. The van der Waals surface area contributed by atoms with Crippen molar-refractivity contribution in [3.63, 3.8) is 0 Å². The standard InChI is InChI=1S/C17H31NO2/c1-19-12-9-18-14-17(16-5-3-2-4-6-16)13-15-7-10-20-11-8-15/h13,15-16,18H,2-12,14H2,1H3. The van der Waals surface area contributed by atoms with Crippen molar-refractivity contribution < 1.29 is 9.47 Å². The summed E-state index contributed by atoms with van der Waals surface area (Å²) in [5.74, 6) is 1.56. The van der Waals surface area contributed by atoms with Gasteiger partial charge in [-0.3, -0.25) is 0 Å². The fourth-order valence-electron chi connectivity index (χ4n) is 3.40. The van der Waals surface area contributed by atoms with E-state index in [0.29, 0.717) is 0 Å². The minimum atomic E-state index is 0.741. The lowest BCUT2D eigenvalue weighted by molar-refractivity contribution is 0.0781. The third kappa shape index (κ3) is 5.55. The summed E-state index contributed by atoms with van der Waals surface area (Å²) in [5.41, 5.74) is 1.66. The molecular weight excluding hydrogens is 250 g/mol. The monoisotopic (exact) mass is 281 g/mol. The number of rotatable bonds is 7. The second-order valence-electron chi connectivity index (χ2n) is 6.20. The van der Waals surface area contributed by atoms with Crippen LogP contribution in [0.25, 0.3) is 0 Å². The first kappa shape index (κ1) is 16.0. The van der Waals surface area contributed by atoms with Gasteiger partial charge in [-0.1, -0.05) is 30.9 Å². The highest BCUT2D eigenvalue weighted by Gasteiger charge is 2.20. The number of ether oxygens (including phenoxy) is 2. The third-order valence-corrected chi connectivity index (χ3v) is 4.66. The van der Waals surface area contributed by atoms with Gasteiger partial charge < -0.3 is 14.8 Å². The van der Waals surface area contributed by atoms with Gasteiger partial charge in [0.1, 0.15) is 0 Å². The van der Waals surface area contributed by atoms with Crippen LogP contribution in [0.15, 0.2) is 11.6 Å². The molecule has 0 radical (unpaired) electrons. The number of hydrogen-bond acceptors (Lipinski definition) is 3. The molecule has 1 heterocycles. The van der Waals surface area contributed by atoms with E-state index in [9.17, 15) is 0 Å². The minimum Gasteiger partial charge on any atom is -0.383 e. The average molecular weight is 281 g/mol. The molecule has 20 heavy (non-hydrogen) atoms. The zero-order valence-electron chi connectivity index (χ0n) is 13.0. The molecule has 0 spiro atoms. The first-order valence-corrected chi connectivity index (χ1v) is 8.38. The first-order valence-electron chi connectivity index (χ1n) is 8.38. The molecule has 1 saturated heterocycles. The Balaban J connectivity index is 1.88. The van der Waals surface area contributed by atoms with Gasteiger partial charge in [-0.25, -0.2) is 0 Å². The Kier molecular flexibility index (Phi) is 7.63. The van der Waals surface area contributed by atoms with E-state index in [1.54, 1.807) is 12.7 Å². The Hall–Kier alpha value is -0.380. The van der Waals surface area contributed by atoms with Gasteiger partial charge in [0, 0.05) is 33.4 Å². The van der Waals surface area contributed by atoms with E-state index >= 15 is 0 Å². The van der Waals surface area contributed by atoms with Gasteiger partial charge in [0.2, 0.25) is 0 Å². The van der Waals surface area contributed by atoms with E-state index < -0.39 is 0 Å². The molecule has 2 rings (SSSR count). The maximum absolute atomic E-state index is 5.48. The van der Waals surface area contributed by atoms with E-state index in [0.717, 1.165) is 44.7 Å². The molecule has 116 valence electrons. The summed E-state index contributed by atoms with van der Waals surface area (Å²) in [4.78, 5) is 0. The quantitative estimate of drug-likeness (QED) is 0.574. The van der Waals surface area contributed by atoms with E-state index in [-0.39, 0.29) is 0 Å². The molecule has 0 aromatic carbocycles. The molecule has 0 amide bonds. The smallest absolute Gasteiger partial charge is 0.0587 e. The molecule has 3 heteroatoms. The van der Waals surface area contributed by atoms with Crippen molar-refractivity contribution in [3.05, 3.63) is 11.6 Å².